The molecule has 5 nitrogen and oxygen atoms in total. The van der Waals surface area contributed by atoms with Gasteiger partial charge in [-0.1, -0.05) is 0 Å². The highest BCUT2D eigenvalue weighted by atomic mass is 16.5. The molecule has 0 amide bonds. The standard InChI is InChI=1S/C11H17NO4/c13-9(10-2-1-4-16-10)6-12-7-11(14)3-5-15-8-11/h1-2,4,9,12-14H,3,5-8H2. The molecular weight excluding hydrogens is 210 g/mol. The van der Waals surface area contributed by atoms with Gasteiger partial charge in [-0.2, -0.15) is 0 Å². The summed E-state index contributed by atoms with van der Waals surface area (Å²) < 4.78 is 10.2. The van der Waals surface area contributed by atoms with E-state index < -0.39 is 11.7 Å². The first kappa shape index (κ1) is 11.6. The van der Waals surface area contributed by atoms with E-state index in [0.29, 0.717) is 38.5 Å². The van der Waals surface area contributed by atoms with Gasteiger partial charge in [0.1, 0.15) is 17.5 Å². The van der Waals surface area contributed by atoms with Crippen LogP contribution in [-0.2, 0) is 4.74 Å². The van der Waals surface area contributed by atoms with Crippen molar-refractivity contribution in [2.45, 2.75) is 18.1 Å². The van der Waals surface area contributed by atoms with Gasteiger partial charge in [-0.25, -0.2) is 0 Å². The van der Waals surface area contributed by atoms with E-state index in [2.05, 4.69) is 5.32 Å². The molecule has 2 heterocycles. The van der Waals surface area contributed by atoms with E-state index in [0.717, 1.165) is 0 Å². The van der Waals surface area contributed by atoms with Gasteiger partial charge in [0.25, 0.3) is 0 Å². The second-order valence-electron chi connectivity index (χ2n) is 4.19. The fourth-order valence-electron chi connectivity index (χ4n) is 1.76. The first-order valence-corrected chi connectivity index (χ1v) is 5.42. The molecule has 1 saturated heterocycles. The maximum absolute atomic E-state index is 9.94. The highest BCUT2D eigenvalue weighted by Crippen LogP contribution is 2.17. The van der Waals surface area contributed by atoms with Gasteiger partial charge in [0, 0.05) is 26.1 Å². The summed E-state index contributed by atoms with van der Waals surface area (Å²) in [5.74, 6) is 0.530. The Kier molecular flexibility index (Phi) is 3.60. The van der Waals surface area contributed by atoms with E-state index in [4.69, 9.17) is 9.15 Å². The lowest BCUT2D eigenvalue weighted by Gasteiger charge is -2.21. The van der Waals surface area contributed by atoms with E-state index in [1.807, 2.05) is 0 Å². The summed E-state index contributed by atoms with van der Waals surface area (Å²) in [6.45, 7) is 1.73. The van der Waals surface area contributed by atoms with Crippen LogP contribution in [0.25, 0.3) is 0 Å². The van der Waals surface area contributed by atoms with Crippen molar-refractivity contribution in [1.29, 1.82) is 0 Å². The molecule has 2 unspecified atom stereocenters. The molecule has 90 valence electrons. The van der Waals surface area contributed by atoms with Gasteiger partial charge >= 0.3 is 0 Å². The van der Waals surface area contributed by atoms with Crippen LogP contribution in [0.5, 0.6) is 0 Å². The Bertz CT molecular complexity index is 306. The van der Waals surface area contributed by atoms with Crippen LogP contribution in [0.3, 0.4) is 0 Å². The number of hydrogen-bond donors (Lipinski definition) is 3. The molecular formula is C11H17NO4. The summed E-state index contributed by atoms with van der Waals surface area (Å²) in [5, 5.41) is 22.7. The Morgan fingerprint density at radius 1 is 1.56 bits per heavy atom. The molecule has 5 heteroatoms. The molecule has 0 saturated carbocycles. The lowest BCUT2D eigenvalue weighted by atomic mass is 10.0. The third-order valence-electron chi connectivity index (χ3n) is 2.75. The highest BCUT2D eigenvalue weighted by Gasteiger charge is 2.31. The minimum atomic E-state index is -0.789. The molecule has 1 aliphatic heterocycles. The number of hydrogen-bond acceptors (Lipinski definition) is 5. The molecule has 3 N–H and O–H groups in total. The zero-order valence-corrected chi connectivity index (χ0v) is 9.06. The van der Waals surface area contributed by atoms with Crippen LogP contribution in [0.2, 0.25) is 0 Å². The minimum absolute atomic E-state index is 0.357. The summed E-state index contributed by atoms with van der Waals surface area (Å²) >= 11 is 0. The van der Waals surface area contributed by atoms with Gasteiger partial charge in [-0.3, -0.25) is 0 Å². The number of ether oxygens (including phenoxy) is 1. The summed E-state index contributed by atoms with van der Waals surface area (Å²) in [7, 11) is 0. The number of nitrogens with one attached hydrogen (secondary N) is 1. The summed E-state index contributed by atoms with van der Waals surface area (Å²) in [6.07, 6.45) is 1.48. The molecule has 1 fully saturated rings. The van der Waals surface area contributed by atoms with Crippen LogP contribution in [0.1, 0.15) is 18.3 Å². The lowest BCUT2D eigenvalue weighted by Crippen LogP contribution is -2.42. The van der Waals surface area contributed by atoms with Crippen LogP contribution in [0.4, 0.5) is 0 Å². The van der Waals surface area contributed by atoms with Crippen LogP contribution < -0.4 is 5.32 Å². The van der Waals surface area contributed by atoms with E-state index in [-0.39, 0.29) is 0 Å². The normalized spacial score (nSPS) is 27.1. The SMILES string of the molecule is OC(CNCC1(O)CCOC1)c1ccco1. The Morgan fingerprint density at radius 2 is 2.44 bits per heavy atom. The average molecular weight is 227 g/mol. The number of rotatable bonds is 5. The van der Waals surface area contributed by atoms with E-state index in [1.54, 1.807) is 12.1 Å². The smallest absolute Gasteiger partial charge is 0.133 e. The van der Waals surface area contributed by atoms with E-state index in [1.165, 1.54) is 6.26 Å². The van der Waals surface area contributed by atoms with Crippen molar-refractivity contribution in [3.8, 4) is 0 Å². The summed E-state index contributed by atoms with van der Waals surface area (Å²) in [5.41, 5.74) is -0.789. The van der Waals surface area contributed by atoms with Crippen molar-refractivity contribution in [2.75, 3.05) is 26.3 Å². The Balaban J connectivity index is 1.72. The predicted molar refractivity (Wildman–Crippen MR) is 56.9 cm³/mol. The molecule has 2 atom stereocenters. The van der Waals surface area contributed by atoms with Gasteiger partial charge in [0.2, 0.25) is 0 Å². The van der Waals surface area contributed by atoms with Crippen molar-refractivity contribution in [2.24, 2.45) is 0 Å². The third kappa shape index (κ3) is 2.82. The highest BCUT2D eigenvalue weighted by molar-refractivity contribution is 5.02. The monoisotopic (exact) mass is 227 g/mol. The molecule has 1 aliphatic rings. The van der Waals surface area contributed by atoms with Crippen molar-refractivity contribution in [1.82, 2.24) is 5.32 Å². The van der Waals surface area contributed by atoms with Gasteiger partial charge < -0.3 is 24.7 Å². The predicted octanol–water partition coefficient (Wildman–Crippen LogP) is 0.0540. The molecule has 1 aromatic heterocycles. The largest absolute Gasteiger partial charge is 0.467 e. The van der Waals surface area contributed by atoms with Crippen molar-refractivity contribution >= 4 is 0 Å². The summed E-state index contributed by atoms with van der Waals surface area (Å²) in [4.78, 5) is 0. The molecule has 0 aromatic carbocycles. The fraction of sp³-hybridized carbons (Fsp3) is 0.636. The Morgan fingerprint density at radius 3 is 3.06 bits per heavy atom. The molecule has 1 aromatic rings. The van der Waals surface area contributed by atoms with Crippen LogP contribution >= 0.6 is 0 Å². The van der Waals surface area contributed by atoms with E-state index >= 15 is 0 Å². The quantitative estimate of drug-likeness (QED) is 0.663. The van der Waals surface area contributed by atoms with Crippen molar-refractivity contribution in [3.63, 3.8) is 0 Å². The van der Waals surface area contributed by atoms with Crippen LogP contribution in [0.15, 0.2) is 22.8 Å². The number of furan rings is 1. The van der Waals surface area contributed by atoms with E-state index in [9.17, 15) is 10.2 Å². The minimum Gasteiger partial charge on any atom is -0.467 e. The molecule has 0 radical (unpaired) electrons. The van der Waals surface area contributed by atoms with Crippen molar-refractivity contribution in [3.05, 3.63) is 24.2 Å². The molecule has 0 bridgehead atoms. The molecule has 2 rings (SSSR count). The number of aliphatic hydroxyl groups is 2. The van der Waals surface area contributed by atoms with Gasteiger partial charge in [-0.05, 0) is 12.1 Å². The zero-order chi connectivity index (χ0) is 11.4. The lowest BCUT2D eigenvalue weighted by molar-refractivity contribution is 0.0237. The van der Waals surface area contributed by atoms with Gasteiger partial charge in [0.15, 0.2) is 0 Å². The Hall–Kier alpha value is -0.880. The second kappa shape index (κ2) is 4.97. The average Bonchev–Trinajstić information content (AvgIpc) is 2.88. The van der Waals surface area contributed by atoms with Crippen LogP contribution in [-0.4, -0.2) is 42.1 Å². The van der Waals surface area contributed by atoms with Gasteiger partial charge in [0.05, 0.1) is 12.9 Å². The topological polar surface area (TPSA) is 74.9 Å². The maximum atomic E-state index is 9.94. The molecule has 0 spiro atoms. The fourth-order valence-corrected chi connectivity index (χ4v) is 1.76. The first-order valence-electron chi connectivity index (χ1n) is 5.42. The molecule has 16 heavy (non-hydrogen) atoms. The third-order valence-corrected chi connectivity index (χ3v) is 2.75. The maximum Gasteiger partial charge on any atom is 0.133 e. The van der Waals surface area contributed by atoms with Gasteiger partial charge in [-0.15, -0.1) is 0 Å². The first-order chi connectivity index (χ1) is 7.70. The summed E-state index contributed by atoms with van der Waals surface area (Å²) in [6, 6.07) is 3.45. The Labute approximate surface area is 94.0 Å². The zero-order valence-electron chi connectivity index (χ0n) is 9.06. The van der Waals surface area contributed by atoms with Crippen LogP contribution in [0, 0.1) is 0 Å². The second-order valence-corrected chi connectivity index (χ2v) is 4.19. The van der Waals surface area contributed by atoms with Crippen molar-refractivity contribution < 1.29 is 19.4 Å². The molecule has 0 aliphatic carbocycles. The number of aliphatic hydroxyl groups excluding tert-OH is 1.